The molecular weight excluding hydrogens is 684 g/mol. The smallest absolute Gasteiger partial charge is 0.252 e. The third-order valence-corrected chi connectivity index (χ3v) is 9.43. The van der Waals surface area contributed by atoms with Crippen LogP contribution in [0, 0.1) is 0 Å². The first-order valence-corrected chi connectivity index (χ1v) is 17.0. The second-order valence-corrected chi connectivity index (χ2v) is 12.8. The molecule has 1 amide bonds. The first-order chi connectivity index (χ1) is 24.0. The number of benzene rings is 5. The van der Waals surface area contributed by atoms with Gasteiger partial charge in [0.15, 0.2) is 23.1 Å². The SMILES string of the molecule is O=C(NCc1ccc2c(c1)OCO2)[C@]1(Cc2ccccc2Br)N=C(c2ccc(OCCCO)cc2)O[C@@H]1c1ccc(-c2ccccc2)cc1. The van der Waals surface area contributed by atoms with Crippen molar-refractivity contribution in [3.05, 3.63) is 148 Å². The number of halogens is 1. The molecule has 2 aliphatic rings. The van der Waals surface area contributed by atoms with Crippen LogP contribution >= 0.6 is 15.9 Å². The van der Waals surface area contributed by atoms with Crippen molar-refractivity contribution in [3.63, 3.8) is 0 Å². The van der Waals surface area contributed by atoms with E-state index in [1.54, 1.807) is 0 Å². The highest BCUT2D eigenvalue weighted by molar-refractivity contribution is 9.10. The number of hydrogen-bond acceptors (Lipinski definition) is 7. The number of nitrogens with zero attached hydrogens (tertiary/aromatic N) is 1. The zero-order valence-corrected chi connectivity index (χ0v) is 28.3. The topological polar surface area (TPSA) is 98.6 Å². The van der Waals surface area contributed by atoms with Crippen molar-refractivity contribution in [1.82, 2.24) is 5.32 Å². The van der Waals surface area contributed by atoms with Crippen LogP contribution in [-0.2, 0) is 22.5 Å². The number of aliphatic imine (C=N–C) groups is 1. The molecule has 8 nitrogen and oxygen atoms in total. The molecule has 2 heterocycles. The van der Waals surface area contributed by atoms with Crippen LogP contribution in [0.25, 0.3) is 11.1 Å². The lowest BCUT2D eigenvalue weighted by molar-refractivity contribution is -0.129. The molecule has 0 radical (unpaired) electrons. The Morgan fingerprint density at radius 3 is 2.35 bits per heavy atom. The van der Waals surface area contributed by atoms with E-state index in [0.717, 1.165) is 37.9 Å². The number of aliphatic hydroxyl groups excluding tert-OH is 1. The van der Waals surface area contributed by atoms with Crippen LogP contribution in [-0.4, -0.2) is 42.5 Å². The number of nitrogens with one attached hydrogen (secondary N) is 1. The molecule has 0 fully saturated rings. The third kappa shape index (κ3) is 7.04. The molecule has 0 bridgehead atoms. The molecule has 7 rings (SSSR count). The Balaban J connectivity index is 1.27. The van der Waals surface area contributed by atoms with Gasteiger partial charge in [0, 0.05) is 36.0 Å². The highest BCUT2D eigenvalue weighted by Gasteiger charge is 2.53. The molecule has 0 unspecified atom stereocenters. The van der Waals surface area contributed by atoms with Gasteiger partial charge < -0.3 is 29.4 Å². The van der Waals surface area contributed by atoms with Crippen LogP contribution in [0.1, 0.15) is 34.8 Å². The number of rotatable bonds is 12. The number of hydrogen-bond donors (Lipinski definition) is 2. The molecule has 9 heteroatoms. The van der Waals surface area contributed by atoms with Crippen LogP contribution in [0.4, 0.5) is 0 Å². The summed E-state index contributed by atoms with van der Waals surface area (Å²) >= 11 is 3.71. The summed E-state index contributed by atoms with van der Waals surface area (Å²) in [6, 6.07) is 39.3. The lowest BCUT2D eigenvalue weighted by atomic mass is 9.81. The number of fused-ring (bicyclic) bond motifs is 1. The quantitative estimate of drug-likeness (QED) is 0.130. The van der Waals surface area contributed by atoms with Gasteiger partial charge in [-0.2, -0.15) is 0 Å². The number of ether oxygens (including phenoxy) is 4. The Kier molecular flexibility index (Phi) is 9.63. The lowest BCUT2D eigenvalue weighted by Gasteiger charge is -2.31. The van der Waals surface area contributed by atoms with E-state index < -0.39 is 11.6 Å². The van der Waals surface area contributed by atoms with Gasteiger partial charge in [0.05, 0.1) is 6.61 Å². The van der Waals surface area contributed by atoms with Gasteiger partial charge in [0.25, 0.3) is 5.91 Å². The number of carbonyl (C=O) groups is 1. The van der Waals surface area contributed by atoms with Crippen LogP contribution in [0.3, 0.4) is 0 Å². The summed E-state index contributed by atoms with van der Waals surface area (Å²) in [5.41, 5.74) is 4.14. The fourth-order valence-corrected chi connectivity index (χ4v) is 6.51. The minimum Gasteiger partial charge on any atom is -0.494 e. The fourth-order valence-electron chi connectivity index (χ4n) is 6.08. The molecule has 5 aromatic carbocycles. The van der Waals surface area contributed by atoms with Crippen molar-refractivity contribution < 1.29 is 28.8 Å². The fraction of sp³-hybridized carbons (Fsp3) is 0.200. The Labute approximate surface area is 293 Å². The summed E-state index contributed by atoms with van der Waals surface area (Å²) in [7, 11) is 0. The van der Waals surface area contributed by atoms with Gasteiger partial charge in [-0.15, -0.1) is 0 Å². The second kappa shape index (κ2) is 14.6. The maximum atomic E-state index is 14.7. The van der Waals surface area contributed by atoms with E-state index in [1.807, 2.05) is 97.1 Å². The van der Waals surface area contributed by atoms with Crippen LogP contribution < -0.4 is 19.5 Å². The zero-order chi connectivity index (χ0) is 33.6. The van der Waals surface area contributed by atoms with Crippen molar-refractivity contribution in [2.24, 2.45) is 4.99 Å². The van der Waals surface area contributed by atoms with Gasteiger partial charge in [-0.3, -0.25) is 4.79 Å². The molecule has 49 heavy (non-hydrogen) atoms. The Hall–Kier alpha value is -5.12. The molecule has 5 aromatic rings. The predicted molar refractivity (Wildman–Crippen MR) is 191 cm³/mol. The summed E-state index contributed by atoms with van der Waals surface area (Å²) in [6.07, 6.45) is 0.0799. The van der Waals surface area contributed by atoms with Crippen LogP contribution in [0.5, 0.6) is 17.2 Å². The largest absolute Gasteiger partial charge is 0.494 e. The average molecular weight is 720 g/mol. The van der Waals surface area contributed by atoms with Crippen molar-refractivity contribution in [1.29, 1.82) is 0 Å². The number of aliphatic hydroxyl groups is 1. The number of carbonyl (C=O) groups excluding carboxylic acids is 1. The van der Waals surface area contributed by atoms with Crippen LogP contribution in [0.15, 0.2) is 131 Å². The van der Waals surface area contributed by atoms with E-state index in [1.165, 1.54) is 0 Å². The first-order valence-electron chi connectivity index (χ1n) is 16.2. The second-order valence-electron chi connectivity index (χ2n) is 11.9. The van der Waals surface area contributed by atoms with Crippen molar-refractivity contribution >= 4 is 27.7 Å². The monoisotopic (exact) mass is 718 g/mol. The minimum atomic E-state index is -1.36. The maximum Gasteiger partial charge on any atom is 0.252 e. The van der Waals surface area contributed by atoms with Crippen LogP contribution in [0.2, 0.25) is 0 Å². The van der Waals surface area contributed by atoms with E-state index in [9.17, 15) is 4.79 Å². The molecule has 0 saturated carbocycles. The van der Waals surface area contributed by atoms with E-state index in [-0.39, 0.29) is 32.3 Å². The maximum absolute atomic E-state index is 14.7. The predicted octanol–water partition coefficient (Wildman–Crippen LogP) is 7.42. The molecule has 2 aliphatic heterocycles. The first kappa shape index (κ1) is 32.4. The number of amides is 1. The van der Waals surface area contributed by atoms with E-state index in [0.29, 0.717) is 36.2 Å². The van der Waals surface area contributed by atoms with Crippen molar-refractivity contribution in [3.8, 4) is 28.4 Å². The molecule has 2 atom stereocenters. The van der Waals surface area contributed by atoms with E-state index >= 15 is 0 Å². The molecule has 2 N–H and O–H groups in total. The molecule has 0 spiro atoms. The van der Waals surface area contributed by atoms with Gasteiger partial charge in [0.2, 0.25) is 12.7 Å². The molecule has 0 saturated heterocycles. The normalized spacial score (nSPS) is 17.7. The third-order valence-electron chi connectivity index (χ3n) is 8.66. The van der Waals surface area contributed by atoms with Crippen molar-refractivity contribution in [2.75, 3.05) is 20.0 Å². The summed E-state index contributed by atoms with van der Waals surface area (Å²) in [5.74, 6) is 2.10. The molecule has 0 aliphatic carbocycles. The average Bonchev–Trinajstić information content (AvgIpc) is 3.78. The van der Waals surface area contributed by atoms with E-state index in [4.69, 9.17) is 29.0 Å². The van der Waals surface area contributed by atoms with E-state index in [2.05, 4.69) is 45.5 Å². The summed E-state index contributed by atoms with van der Waals surface area (Å²) < 4.78 is 24.4. The standard InChI is InChI=1S/C40H35BrN2O6/c41-34-10-5-4-9-32(34)24-40(39(45)42-25-27-11-20-35-36(23-27)48-26-47-35)37(30-14-12-29(13-15-30)28-7-2-1-3-8-28)49-38(43-40)31-16-18-33(19-17-31)46-22-6-21-44/h1-5,7-20,23,37,44H,6,21-22,24-26H2,(H,42,45)/t37-,40-/m1/s1. The summed E-state index contributed by atoms with van der Waals surface area (Å²) in [6.45, 7) is 0.910. The minimum absolute atomic E-state index is 0.0623. The lowest BCUT2D eigenvalue weighted by Crippen LogP contribution is -2.49. The zero-order valence-electron chi connectivity index (χ0n) is 26.7. The molecule has 248 valence electrons. The van der Waals surface area contributed by atoms with Gasteiger partial charge in [-0.1, -0.05) is 94.8 Å². The Morgan fingerprint density at radius 1 is 0.857 bits per heavy atom. The Morgan fingerprint density at radius 2 is 1.57 bits per heavy atom. The van der Waals surface area contributed by atoms with Gasteiger partial charge in [-0.25, -0.2) is 4.99 Å². The summed E-state index contributed by atoms with van der Waals surface area (Å²) in [4.78, 5) is 19.9. The molecular formula is C40H35BrN2O6. The van der Waals surface area contributed by atoms with Gasteiger partial charge in [0.1, 0.15) is 5.75 Å². The van der Waals surface area contributed by atoms with Gasteiger partial charge in [-0.05, 0) is 70.3 Å². The highest BCUT2D eigenvalue weighted by Crippen LogP contribution is 2.44. The van der Waals surface area contributed by atoms with Crippen molar-refractivity contribution in [2.45, 2.75) is 31.0 Å². The molecule has 0 aromatic heterocycles. The Bertz CT molecular complexity index is 1950. The summed E-state index contributed by atoms with van der Waals surface area (Å²) in [5, 5.41) is 12.3. The highest BCUT2D eigenvalue weighted by atomic mass is 79.9. The van der Waals surface area contributed by atoms with Gasteiger partial charge >= 0.3 is 0 Å².